The summed E-state index contributed by atoms with van der Waals surface area (Å²) in [5.74, 6) is -0.931. The largest absolute Gasteiger partial charge is 0.756 e. The molecule has 0 bridgehead atoms. The molecule has 2 aliphatic rings. The van der Waals surface area contributed by atoms with Gasteiger partial charge in [-0.2, -0.15) is 0 Å². The number of aliphatic hydroxyl groups excluding tert-OH is 4. The first-order chi connectivity index (χ1) is 19.1. The Morgan fingerprint density at radius 2 is 1.66 bits per heavy atom. The Morgan fingerprint density at radius 3 is 2.27 bits per heavy atom. The number of nitrogens with zero attached hydrogens (tertiary/aromatic N) is 4. The number of rotatable bonds is 11. The number of nitrogen functional groups attached to an aromatic ring is 1. The number of anilines is 1. The molecule has 4 rings (SSSR count). The first-order valence-corrected chi connectivity index (χ1v) is 14.5. The van der Waals surface area contributed by atoms with Crippen LogP contribution < -0.4 is 15.5 Å². The number of ether oxygens (including phenoxy) is 3. The molecule has 2 aromatic rings. The number of hydrogen-bond donors (Lipinski definition) is 5. The van der Waals surface area contributed by atoms with Gasteiger partial charge in [-0.15, -0.1) is 0 Å². The predicted molar refractivity (Wildman–Crippen MR) is 125 cm³/mol. The van der Waals surface area contributed by atoms with Crippen molar-refractivity contribution in [1.29, 1.82) is 0 Å². The Balaban J connectivity index is 1.31. The number of phosphoric acid groups is 2. The van der Waals surface area contributed by atoms with Crippen LogP contribution in [-0.2, 0) is 41.5 Å². The minimum absolute atomic E-state index is 0.0339. The monoisotopic (exact) mass is 625 g/mol. The van der Waals surface area contributed by atoms with E-state index in [2.05, 4.69) is 34.9 Å². The van der Waals surface area contributed by atoms with Gasteiger partial charge in [0.15, 0.2) is 30.1 Å². The summed E-state index contributed by atoms with van der Waals surface area (Å²) in [6.45, 7) is 2.59. The van der Waals surface area contributed by atoms with Crippen molar-refractivity contribution < 1.29 is 71.7 Å². The SMILES string of the molecule is C=C(C)C(=O)O[C@H]1C(O)O[C@H](COP(=O)([O-])OP(=O)([O-])OC[C@H]2O[C@@H](n3cnc4c(N)ncnc43)[C@H](O)[C@@H]2O)[C@H]1O. The lowest BCUT2D eigenvalue weighted by Crippen LogP contribution is -2.38. The second-order valence-corrected chi connectivity index (χ2v) is 11.9. The van der Waals surface area contributed by atoms with Gasteiger partial charge >= 0.3 is 5.97 Å². The molecule has 2 fully saturated rings. The van der Waals surface area contributed by atoms with Crippen molar-refractivity contribution in [2.24, 2.45) is 0 Å². The van der Waals surface area contributed by atoms with E-state index in [1.165, 1.54) is 17.8 Å². The van der Waals surface area contributed by atoms with E-state index in [9.17, 15) is 44.1 Å². The minimum atomic E-state index is -5.68. The number of aromatic nitrogens is 4. The molecular weight excluding hydrogens is 600 g/mol. The summed E-state index contributed by atoms with van der Waals surface area (Å²) in [6.07, 6.45) is -10.6. The van der Waals surface area contributed by atoms with Crippen molar-refractivity contribution in [3.8, 4) is 0 Å². The van der Waals surface area contributed by atoms with E-state index in [0.717, 1.165) is 6.33 Å². The highest BCUT2D eigenvalue weighted by Crippen LogP contribution is 2.56. The van der Waals surface area contributed by atoms with Gasteiger partial charge in [0.25, 0.3) is 15.6 Å². The summed E-state index contributed by atoms with van der Waals surface area (Å²) in [5.41, 5.74) is 5.98. The first kappa shape index (κ1) is 31.5. The van der Waals surface area contributed by atoms with Crippen molar-refractivity contribution in [2.45, 2.75) is 56.1 Å². The lowest BCUT2D eigenvalue weighted by molar-refractivity contribution is -0.247. The maximum atomic E-state index is 12.2. The van der Waals surface area contributed by atoms with E-state index in [1.54, 1.807) is 0 Å². The zero-order valence-electron chi connectivity index (χ0n) is 20.9. The molecule has 0 amide bonds. The standard InChI is InChI=1S/C19H27N5O15P2/c1-7(2)18(28)38-14-12(26)9(37-19(14)29)4-35-41(32,33)39-40(30,31)34-3-8-11(25)13(27)17(36-8)24-6-23-10-15(20)21-5-22-16(10)24/h5-6,8-9,11-14,17,19,25-27,29H,1,3-4H2,2H3,(H,30,31)(H,32,33)(H2,20,21,22)/p-2/t8-,9-,11-,12-,13-,14-,17-,19?/m1/s1. The van der Waals surface area contributed by atoms with Crippen LogP contribution in [0.2, 0.25) is 0 Å². The lowest BCUT2D eigenvalue weighted by atomic mass is 10.1. The fourth-order valence-electron chi connectivity index (χ4n) is 3.86. The maximum Gasteiger partial charge on any atom is 0.333 e. The van der Waals surface area contributed by atoms with Crippen molar-refractivity contribution >= 4 is 38.6 Å². The second-order valence-electron chi connectivity index (χ2n) is 8.90. The molecule has 0 saturated carbocycles. The van der Waals surface area contributed by atoms with Crippen LogP contribution in [0, 0.1) is 0 Å². The topological polar surface area (TPSA) is 303 Å². The summed E-state index contributed by atoms with van der Waals surface area (Å²) >= 11 is 0. The molecule has 2 aliphatic heterocycles. The molecule has 6 N–H and O–H groups in total. The van der Waals surface area contributed by atoms with Gasteiger partial charge in [-0.1, -0.05) is 6.58 Å². The van der Waals surface area contributed by atoms with Gasteiger partial charge in [-0.25, -0.2) is 24.1 Å². The summed E-state index contributed by atoms with van der Waals surface area (Å²) in [6, 6.07) is 0. The van der Waals surface area contributed by atoms with Crippen molar-refractivity contribution in [3.63, 3.8) is 0 Å². The normalized spacial score (nSPS) is 33.0. The molecule has 0 aromatic carbocycles. The molecule has 228 valence electrons. The smallest absolute Gasteiger partial charge is 0.333 e. The second kappa shape index (κ2) is 12.1. The third-order valence-corrected chi connectivity index (χ3v) is 8.43. The fourth-order valence-corrected chi connectivity index (χ4v) is 5.88. The third-order valence-electron chi connectivity index (χ3n) is 5.90. The maximum absolute atomic E-state index is 12.2. The van der Waals surface area contributed by atoms with E-state index in [1.807, 2.05) is 0 Å². The Kier molecular flexibility index (Phi) is 9.27. The van der Waals surface area contributed by atoms with Gasteiger partial charge < -0.3 is 59.2 Å². The molecule has 2 aromatic heterocycles. The van der Waals surface area contributed by atoms with E-state index in [4.69, 9.17) is 19.9 Å². The predicted octanol–water partition coefficient (Wildman–Crippen LogP) is -3.42. The molecule has 41 heavy (non-hydrogen) atoms. The van der Waals surface area contributed by atoms with Gasteiger partial charge in [-0.05, 0) is 6.92 Å². The van der Waals surface area contributed by atoms with Gasteiger partial charge in [0.05, 0.1) is 19.5 Å². The van der Waals surface area contributed by atoms with E-state index in [0.29, 0.717) is 0 Å². The van der Waals surface area contributed by atoms with E-state index in [-0.39, 0.29) is 22.6 Å². The average Bonchev–Trinajstić information content (AvgIpc) is 3.52. The van der Waals surface area contributed by atoms with Crippen LogP contribution in [0.5, 0.6) is 0 Å². The average molecular weight is 625 g/mol. The van der Waals surface area contributed by atoms with Crippen LogP contribution in [-0.4, -0.2) is 102 Å². The van der Waals surface area contributed by atoms with Gasteiger partial charge in [0, 0.05) is 5.57 Å². The molecule has 3 unspecified atom stereocenters. The highest BCUT2D eigenvalue weighted by molar-refractivity contribution is 7.59. The molecule has 22 heteroatoms. The number of nitrogens with two attached hydrogens (primary N) is 1. The number of esters is 1. The Morgan fingerprint density at radius 1 is 1.05 bits per heavy atom. The zero-order chi connectivity index (χ0) is 30.3. The quantitative estimate of drug-likeness (QED) is 0.0922. The molecule has 2 saturated heterocycles. The Labute approximate surface area is 230 Å². The lowest BCUT2D eigenvalue weighted by Gasteiger charge is -2.32. The molecular formula is C19H25N5O15P2-2. The van der Waals surface area contributed by atoms with E-state index >= 15 is 0 Å². The summed E-state index contributed by atoms with van der Waals surface area (Å²) in [7, 11) is -11.4. The van der Waals surface area contributed by atoms with Gasteiger partial charge in [0.1, 0.15) is 42.4 Å². The fraction of sp³-hybridized carbons (Fsp3) is 0.579. The number of imidazole rings is 1. The number of fused-ring (bicyclic) bond motifs is 1. The molecule has 10 atom stereocenters. The third kappa shape index (κ3) is 6.98. The number of aliphatic hydroxyl groups is 4. The Hall–Kier alpha value is -2.42. The van der Waals surface area contributed by atoms with Crippen LogP contribution in [0.4, 0.5) is 5.82 Å². The molecule has 4 heterocycles. The van der Waals surface area contributed by atoms with Crippen LogP contribution in [0.3, 0.4) is 0 Å². The molecule has 20 nitrogen and oxygen atoms in total. The molecule has 0 aliphatic carbocycles. The molecule has 0 spiro atoms. The summed E-state index contributed by atoms with van der Waals surface area (Å²) in [5, 5.41) is 40.7. The zero-order valence-corrected chi connectivity index (χ0v) is 22.7. The summed E-state index contributed by atoms with van der Waals surface area (Å²) < 4.78 is 53.6. The summed E-state index contributed by atoms with van der Waals surface area (Å²) in [4.78, 5) is 47.6. The highest BCUT2D eigenvalue weighted by atomic mass is 31.3. The van der Waals surface area contributed by atoms with Crippen molar-refractivity contribution in [1.82, 2.24) is 19.5 Å². The number of hydrogen-bond acceptors (Lipinski definition) is 19. The van der Waals surface area contributed by atoms with Crippen LogP contribution in [0.15, 0.2) is 24.8 Å². The van der Waals surface area contributed by atoms with Crippen LogP contribution >= 0.6 is 15.6 Å². The van der Waals surface area contributed by atoms with E-state index < -0.39 is 84.0 Å². The van der Waals surface area contributed by atoms with Crippen molar-refractivity contribution in [3.05, 3.63) is 24.8 Å². The first-order valence-electron chi connectivity index (χ1n) is 11.6. The number of phosphoric ester groups is 2. The van der Waals surface area contributed by atoms with Crippen LogP contribution in [0.1, 0.15) is 13.2 Å². The van der Waals surface area contributed by atoms with Gasteiger partial charge in [0.2, 0.25) is 0 Å². The Bertz CT molecular complexity index is 1390. The highest BCUT2D eigenvalue weighted by Gasteiger charge is 2.47. The van der Waals surface area contributed by atoms with Crippen LogP contribution in [0.25, 0.3) is 11.2 Å². The van der Waals surface area contributed by atoms with Crippen molar-refractivity contribution in [2.75, 3.05) is 18.9 Å². The number of carbonyl (C=O) groups is 1. The molecule has 0 radical (unpaired) electrons. The number of carbonyl (C=O) groups excluding carboxylic acids is 1. The minimum Gasteiger partial charge on any atom is -0.756 e. The van der Waals surface area contributed by atoms with Gasteiger partial charge in [-0.3, -0.25) is 13.7 Å².